The predicted octanol–water partition coefficient (Wildman–Crippen LogP) is 3.28. The molecule has 23 heavy (non-hydrogen) atoms. The first-order valence-electron chi connectivity index (χ1n) is 7.15. The molecule has 0 aliphatic rings. The smallest absolute Gasteiger partial charge is 0.224 e. The summed E-state index contributed by atoms with van der Waals surface area (Å²) in [6.45, 7) is 1.91. The molecule has 0 bridgehead atoms. The van der Waals surface area contributed by atoms with Crippen LogP contribution < -0.4 is 14.8 Å². The molecule has 0 fully saturated rings. The molecule has 0 saturated carbocycles. The molecule has 1 atom stereocenters. The molecule has 0 saturated heterocycles. The highest BCUT2D eigenvalue weighted by atomic mass is 79.9. The third-order valence-electron chi connectivity index (χ3n) is 3.41. The summed E-state index contributed by atoms with van der Waals surface area (Å²) in [6.07, 6.45) is 1.95. The second-order valence-corrected chi connectivity index (χ2v) is 5.87. The topological polar surface area (TPSA) is 60.5 Å². The summed E-state index contributed by atoms with van der Waals surface area (Å²) in [5.41, 5.74) is 1.65. The number of rotatable bonds is 6. The fourth-order valence-corrected chi connectivity index (χ4v) is 2.67. The first kappa shape index (κ1) is 17.3. The number of amides is 1. The van der Waals surface area contributed by atoms with Crippen LogP contribution in [0.15, 0.2) is 41.0 Å². The quantitative estimate of drug-likeness (QED) is 0.837. The molecule has 6 heteroatoms. The molecule has 2 aromatic rings. The van der Waals surface area contributed by atoms with Gasteiger partial charge in [0.25, 0.3) is 0 Å². The second kappa shape index (κ2) is 7.97. The fraction of sp³-hybridized carbons (Fsp3) is 0.294. The maximum Gasteiger partial charge on any atom is 0.224 e. The van der Waals surface area contributed by atoms with Crippen LogP contribution in [0.5, 0.6) is 11.5 Å². The first-order valence-corrected chi connectivity index (χ1v) is 7.95. The van der Waals surface area contributed by atoms with Crippen molar-refractivity contribution in [3.05, 3.63) is 52.3 Å². The van der Waals surface area contributed by atoms with E-state index in [-0.39, 0.29) is 18.4 Å². The molecule has 0 radical (unpaired) electrons. The average Bonchev–Trinajstić information content (AvgIpc) is 2.56. The number of hydrogen-bond donors (Lipinski definition) is 1. The van der Waals surface area contributed by atoms with Gasteiger partial charge in [0.1, 0.15) is 0 Å². The summed E-state index contributed by atoms with van der Waals surface area (Å²) in [6, 6.07) is 9.08. The molecule has 5 nitrogen and oxygen atoms in total. The van der Waals surface area contributed by atoms with E-state index in [4.69, 9.17) is 9.47 Å². The number of nitrogens with zero attached hydrogens (tertiary/aromatic N) is 1. The number of hydrogen-bond acceptors (Lipinski definition) is 4. The van der Waals surface area contributed by atoms with E-state index in [1.165, 1.54) is 0 Å². The largest absolute Gasteiger partial charge is 0.493 e. The van der Waals surface area contributed by atoms with Crippen molar-refractivity contribution in [3.8, 4) is 11.5 Å². The fourth-order valence-electron chi connectivity index (χ4n) is 2.20. The molecule has 0 spiro atoms. The molecule has 1 aromatic carbocycles. The Labute approximate surface area is 144 Å². The van der Waals surface area contributed by atoms with Crippen LogP contribution in [-0.4, -0.2) is 25.1 Å². The highest BCUT2D eigenvalue weighted by molar-refractivity contribution is 9.10. The lowest BCUT2D eigenvalue weighted by Gasteiger charge is -2.15. The zero-order chi connectivity index (χ0) is 16.8. The molecule has 1 heterocycles. The monoisotopic (exact) mass is 378 g/mol. The van der Waals surface area contributed by atoms with Crippen LogP contribution >= 0.6 is 15.9 Å². The Hall–Kier alpha value is -2.08. The van der Waals surface area contributed by atoms with Crippen LogP contribution in [0.3, 0.4) is 0 Å². The Balaban J connectivity index is 2.08. The molecule has 1 amide bonds. The van der Waals surface area contributed by atoms with Gasteiger partial charge in [-0.1, -0.05) is 22.0 Å². The van der Waals surface area contributed by atoms with Crippen molar-refractivity contribution in [1.29, 1.82) is 0 Å². The van der Waals surface area contributed by atoms with Crippen LogP contribution in [0, 0.1) is 0 Å². The van der Waals surface area contributed by atoms with E-state index in [2.05, 4.69) is 26.2 Å². The Morgan fingerprint density at radius 1 is 1.26 bits per heavy atom. The molecule has 122 valence electrons. The number of carbonyl (C=O) groups excluding carboxylic acids is 1. The van der Waals surface area contributed by atoms with E-state index in [9.17, 15) is 4.79 Å². The molecule has 0 aliphatic carbocycles. The van der Waals surface area contributed by atoms with Crippen molar-refractivity contribution >= 4 is 21.8 Å². The SMILES string of the molecule is COc1cc(Br)c(CC(=O)NC(C)c2ccccn2)cc1OC. The minimum Gasteiger partial charge on any atom is -0.493 e. The predicted molar refractivity (Wildman–Crippen MR) is 91.7 cm³/mol. The molecular formula is C17H19BrN2O3. The molecule has 2 rings (SSSR count). The van der Waals surface area contributed by atoms with Gasteiger partial charge in [-0.2, -0.15) is 0 Å². The number of pyridine rings is 1. The highest BCUT2D eigenvalue weighted by Gasteiger charge is 2.15. The lowest BCUT2D eigenvalue weighted by atomic mass is 10.1. The van der Waals surface area contributed by atoms with E-state index in [0.717, 1.165) is 15.7 Å². The minimum atomic E-state index is -0.150. The first-order chi connectivity index (χ1) is 11.0. The van der Waals surface area contributed by atoms with Crippen molar-refractivity contribution in [1.82, 2.24) is 10.3 Å². The third-order valence-corrected chi connectivity index (χ3v) is 4.15. The minimum absolute atomic E-state index is 0.0870. The van der Waals surface area contributed by atoms with Crippen molar-refractivity contribution in [2.45, 2.75) is 19.4 Å². The molecule has 1 N–H and O–H groups in total. The summed E-state index contributed by atoms with van der Waals surface area (Å²) >= 11 is 3.46. The van der Waals surface area contributed by atoms with Crippen LogP contribution in [-0.2, 0) is 11.2 Å². The number of halogens is 1. The summed E-state index contributed by atoms with van der Waals surface area (Å²) < 4.78 is 11.3. The van der Waals surface area contributed by atoms with Gasteiger partial charge in [-0.3, -0.25) is 9.78 Å². The van der Waals surface area contributed by atoms with Gasteiger partial charge in [0.2, 0.25) is 5.91 Å². The highest BCUT2D eigenvalue weighted by Crippen LogP contribution is 2.33. The van der Waals surface area contributed by atoms with E-state index in [0.29, 0.717) is 11.5 Å². The van der Waals surface area contributed by atoms with E-state index < -0.39 is 0 Å². The van der Waals surface area contributed by atoms with Crippen LogP contribution in [0.25, 0.3) is 0 Å². The van der Waals surface area contributed by atoms with Gasteiger partial charge in [0.15, 0.2) is 11.5 Å². The van der Waals surface area contributed by atoms with Crippen LogP contribution in [0.2, 0.25) is 0 Å². The van der Waals surface area contributed by atoms with E-state index in [1.807, 2.05) is 25.1 Å². The summed E-state index contributed by atoms with van der Waals surface area (Å²) in [5, 5.41) is 2.94. The van der Waals surface area contributed by atoms with Gasteiger partial charge < -0.3 is 14.8 Å². The molecular weight excluding hydrogens is 360 g/mol. The molecule has 1 unspecified atom stereocenters. The number of benzene rings is 1. The van der Waals surface area contributed by atoms with Gasteiger partial charge in [0, 0.05) is 10.7 Å². The van der Waals surface area contributed by atoms with Gasteiger partial charge in [-0.05, 0) is 36.8 Å². The zero-order valence-corrected chi connectivity index (χ0v) is 14.9. The molecule has 0 aliphatic heterocycles. The standard InChI is InChI=1S/C17H19BrN2O3/c1-11(14-6-4-5-7-19-14)20-17(21)9-12-8-15(22-2)16(23-3)10-13(12)18/h4-8,10-11H,9H2,1-3H3,(H,20,21). The Morgan fingerprint density at radius 3 is 2.57 bits per heavy atom. The Kier molecular flexibility index (Phi) is 5.98. The van der Waals surface area contributed by atoms with Gasteiger partial charge in [-0.25, -0.2) is 0 Å². The zero-order valence-electron chi connectivity index (χ0n) is 13.3. The van der Waals surface area contributed by atoms with Crippen LogP contribution in [0.4, 0.5) is 0 Å². The van der Waals surface area contributed by atoms with Gasteiger partial charge >= 0.3 is 0 Å². The number of ether oxygens (including phenoxy) is 2. The normalized spacial score (nSPS) is 11.7. The van der Waals surface area contributed by atoms with Crippen LogP contribution in [0.1, 0.15) is 24.2 Å². The van der Waals surface area contributed by atoms with Crippen molar-refractivity contribution < 1.29 is 14.3 Å². The summed E-state index contributed by atoms with van der Waals surface area (Å²) in [4.78, 5) is 16.5. The number of aromatic nitrogens is 1. The van der Waals surface area contributed by atoms with Crippen molar-refractivity contribution in [2.75, 3.05) is 14.2 Å². The summed E-state index contributed by atoms with van der Waals surface area (Å²) in [5.74, 6) is 1.12. The van der Waals surface area contributed by atoms with Crippen molar-refractivity contribution in [2.24, 2.45) is 0 Å². The maximum absolute atomic E-state index is 12.3. The second-order valence-electron chi connectivity index (χ2n) is 5.02. The lowest BCUT2D eigenvalue weighted by molar-refractivity contribution is -0.121. The van der Waals surface area contributed by atoms with Crippen molar-refractivity contribution in [3.63, 3.8) is 0 Å². The number of methoxy groups -OCH3 is 2. The Morgan fingerprint density at radius 2 is 1.96 bits per heavy atom. The van der Waals surface area contributed by atoms with E-state index >= 15 is 0 Å². The third kappa shape index (κ3) is 4.45. The maximum atomic E-state index is 12.3. The lowest BCUT2D eigenvalue weighted by Crippen LogP contribution is -2.28. The van der Waals surface area contributed by atoms with Gasteiger partial charge in [-0.15, -0.1) is 0 Å². The summed E-state index contributed by atoms with van der Waals surface area (Å²) in [7, 11) is 3.14. The Bertz CT molecular complexity index is 677. The van der Waals surface area contributed by atoms with Gasteiger partial charge in [0.05, 0.1) is 32.4 Å². The molecule has 1 aromatic heterocycles. The number of nitrogens with one attached hydrogen (secondary N) is 1. The van der Waals surface area contributed by atoms with E-state index in [1.54, 1.807) is 32.5 Å². The average molecular weight is 379 g/mol. The number of carbonyl (C=O) groups is 1.